The van der Waals surface area contributed by atoms with Crippen LogP contribution in [0.25, 0.3) is 22.3 Å². The monoisotopic (exact) mass is 426 g/mol. The third kappa shape index (κ3) is 4.76. The van der Waals surface area contributed by atoms with Gasteiger partial charge in [-0.1, -0.05) is 38.2 Å². The van der Waals surface area contributed by atoms with Gasteiger partial charge in [0.25, 0.3) is 0 Å². The van der Waals surface area contributed by atoms with Crippen molar-refractivity contribution in [3.05, 3.63) is 41.9 Å². The number of hydrogen-bond donors (Lipinski definition) is 0. The van der Waals surface area contributed by atoms with E-state index in [2.05, 4.69) is 41.2 Å². The highest BCUT2D eigenvalue weighted by Crippen LogP contribution is 2.33. The van der Waals surface area contributed by atoms with Crippen molar-refractivity contribution in [1.82, 2.24) is 14.5 Å². The first-order chi connectivity index (χ1) is 13.7. The summed E-state index contributed by atoms with van der Waals surface area (Å²) in [4.78, 5) is 10.2. The fourth-order valence-corrected chi connectivity index (χ4v) is 5.30. The quantitative estimate of drug-likeness (QED) is 0.449. The van der Waals surface area contributed by atoms with Crippen molar-refractivity contribution in [2.45, 2.75) is 50.3 Å². The number of fused-ring (bicyclic) bond motifs is 1. The van der Waals surface area contributed by atoms with Gasteiger partial charge in [0.05, 0.1) is 5.69 Å². The zero-order valence-electron chi connectivity index (χ0n) is 17.0. The van der Waals surface area contributed by atoms with Crippen LogP contribution in [0, 0.1) is 24.2 Å². The van der Waals surface area contributed by atoms with Gasteiger partial charge in [0.1, 0.15) is 11.7 Å². The van der Waals surface area contributed by atoms with Gasteiger partial charge in [0, 0.05) is 29.1 Å². The SMILES string of the molecule is Cc1cc(-c2nc(C#N)nc3c2ccn3C)ccc1SCCC1CCCCC1.Cl. The number of aromatic nitrogens is 3. The van der Waals surface area contributed by atoms with Crippen LogP contribution in [-0.4, -0.2) is 20.3 Å². The average molecular weight is 427 g/mol. The van der Waals surface area contributed by atoms with E-state index >= 15 is 0 Å². The second-order valence-electron chi connectivity index (χ2n) is 7.79. The summed E-state index contributed by atoms with van der Waals surface area (Å²) < 4.78 is 1.93. The molecule has 0 spiro atoms. The van der Waals surface area contributed by atoms with Crippen molar-refractivity contribution in [2.75, 3.05) is 5.75 Å². The molecule has 0 radical (unpaired) electrons. The number of aryl methyl sites for hydroxylation is 2. The molecule has 1 aliphatic rings. The molecule has 0 bridgehead atoms. The van der Waals surface area contributed by atoms with Crippen LogP contribution in [0.5, 0.6) is 0 Å². The lowest BCUT2D eigenvalue weighted by Gasteiger charge is -2.21. The standard InChI is InChI=1S/C23H26N4S.ClH/c1-16-14-18(8-9-20(16)28-13-11-17-6-4-3-5-7-17)22-19-10-12-27(2)23(19)26-21(15-24)25-22;/h8-10,12,14,17H,3-7,11,13H2,1-2H3;1H. The van der Waals surface area contributed by atoms with E-state index < -0.39 is 0 Å². The molecule has 4 rings (SSSR count). The Bertz CT molecular complexity index is 1030. The van der Waals surface area contributed by atoms with Crippen LogP contribution in [0.4, 0.5) is 0 Å². The minimum atomic E-state index is 0. The predicted molar refractivity (Wildman–Crippen MR) is 123 cm³/mol. The third-order valence-corrected chi connectivity index (χ3v) is 6.99. The number of rotatable bonds is 5. The van der Waals surface area contributed by atoms with E-state index in [9.17, 15) is 5.26 Å². The van der Waals surface area contributed by atoms with Crippen LogP contribution in [0.2, 0.25) is 0 Å². The summed E-state index contributed by atoms with van der Waals surface area (Å²) in [6.07, 6.45) is 10.4. The Hall–Kier alpha value is -2.03. The van der Waals surface area contributed by atoms with Gasteiger partial charge in [-0.2, -0.15) is 5.26 Å². The summed E-state index contributed by atoms with van der Waals surface area (Å²) >= 11 is 1.97. The Morgan fingerprint density at radius 1 is 1.17 bits per heavy atom. The van der Waals surface area contributed by atoms with Crippen LogP contribution in [-0.2, 0) is 7.05 Å². The molecule has 152 valence electrons. The first-order valence-electron chi connectivity index (χ1n) is 10.1. The molecule has 1 fully saturated rings. The Balaban J connectivity index is 0.00000240. The van der Waals surface area contributed by atoms with Crippen molar-refractivity contribution in [3.63, 3.8) is 0 Å². The second kappa shape index (κ2) is 9.65. The van der Waals surface area contributed by atoms with Crippen molar-refractivity contribution < 1.29 is 0 Å². The number of thioether (sulfide) groups is 1. The van der Waals surface area contributed by atoms with Crippen molar-refractivity contribution in [2.24, 2.45) is 13.0 Å². The highest BCUT2D eigenvalue weighted by Gasteiger charge is 2.15. The first kappa shape index (κ1) is 21.7. The van der Waals surface area contributed by atoms with Gasteiger partial charge < -0.3 is 4.57 Å². The van der Waals surface area contributed by atoms with E-state index in [4.69, 9.17) is 0 Å². The average Bonchev–Trinajstić information content (AvgIpc) is 3.10. The number of hydrogen-bond acceptors (Lipinski definition) is 4. The molecule has 1 aromatic carbocycles. The molecule has 4 nitrogen and oxygen atoms in total. The highest BCUT2D eigenvalue weighted by atomic mass is 35.5. The summed E-state index contributed by atoms with van der Waals surface area (Å²) in [5, 5.41) is 10.3. The lowest BCUT2D eigenvalue weighted by molar-refractivity contribution is 0.351. The normalized spacial score (nSPS) is 14.5. The van der Waals surface area contributed by atoms with Crippen LogP contribution >= 0.6 is 24.2 Å². The van der Waals surface area contributed by atoms with E-state index in [0.29, 0.717) is 0 Å². The molecular weight excluding hydrogens is 400 g/mol. The van der Waals surface area contributed by atoms with Gasteiger partial charge in [-0.15, -0.1) is 24.2 Å². The van der Waals surface area contributed by atoms with Crippen molar-refractivity contribution in [3.8, 4) is 17.3 Å². The molecule has 1 saturated carbocycles. The van der Waals surface area contributed by atoms with Gasteiger partial charge >= 0.3 is 0 Å². The maximum absolute atomic E-state index is 9.31. The maximum atomic E-state index is 9.31. The van der Waals surface area contributed by atoms with E-state index in [0.717, 1.165) is 28.2 Å². The first-order valence-corrected chi connectivity index (χ1v) is 11.1. The van der Waals surface area contributed by atoms with E-state index in [-0.39, 0.29) is 18.2 Å². The number of halogens is 1. The molecule has 0 N–H and O–H groups in total. The lowest BCUT2D eigenvalue weighted by atomic mass is 9.88. The largest absolute Gasteiger partial charge is 0.335 e. The fourth-order valence-electron chi connectivity index (χ4n) is 4.18. The van der Waals surface area contributed by atoms with Crippen LogP contribution in [0.3, 0.4) is 0 Å². The summed E-state index contributed by atoms with van der Waals surface area (Å²) in [6.45, 7) is 2.17. The van der Waals surface area contributed by atoms with Gasteiger partial charge in [-0.25, -0.2) is 9.97 Å². The van der Waals surface area contributed by atoms with Gasteiger partial charge in [0.2, 0.25) is 5.82 Å². The number of nitriles is 1. The van der Waals surface area contributed by atoms with Crippen LogP contribution in [0.1, 0.15) is 49.9 Å². The summed E-state index contributed by atoms with van der Waals surface area (Å²) in [6, 6.07) is 10.6. The smallest absolute Gasteiger partial charge is 0.234 e. The molecule has 0 unspecified atom stereocenters. The molecule has 1 aliphatic carbocycles. The Morgan fingerprint density at radius 2 is 1.97 bits per heavy atom. The highest BCUT2D eigenvalue weighted by molar-refractivity contribution is 7.99. The Labute approximate surface area is 183 Å². The molecule has 0 aliphatic heterocycles. The van der Waals surface area contributed by atoms with E-state index in [1.54, 1.807) is 0 Å². The third-order valence-electron chi connectivity index (χ3n) is 5.78. The van der Waals surface area contributed by atoms with Crippen molar-refractivity contribution >= 4 is 35.2 Å². The molecule has 29 heavy (non-hydrogen) atoms. The molecule has 6 heteroatoms. The lowest BCUT2D eigenvalue weighted by Crippen LogP contribution is -2.06. The van der Waals surface area contributed by atoms with Crippen LogP contribution < -0.4 is 0 Å². The van der Waals surface area contributed by atoms with Crippen LogP contribution in [0.15, 0.2) is 35.4 Å². The number of benzene rings is 1. The second-order valence-corrected chi connectivity index (χ2v) is 8.93. The Kier molecular flexibility index (Phi) is 7.21. The molecule has 3 aromatic rings. The van der Waals surface area contributed by atoms with E-state index in [1.165, 1.54) is 54.7 Å². The molecule has 0 saturated heterocycles. The van der Waals surface area contributed by atoms with Gasteiger partial charge in [-0.3, -0.25) is 0 Å². The van der Waals surface area contributed by atoms with E-state index in [1.807, 2.05) is 35.6 Å². The molecular formula is C23H27ClN4S. The Morgan fingerprint density at radius 3 is 2.69 bits per heavy atom. The minimum absolute atomic E-state index is 0. The minimum Gasteiger partial charge on any atom is -0.335 e. The molecule has 0 amide bonds. The summed E-state index contributed by atoms with van der Waals surface area (Å²) in [5.41, 5.74) is 3.95. The topological polar surface area (TPSA) is 54.5 Å². The zero-order valence-corrected chi connectivity index (χ0v) is 18.7. The molecule has 2 heterocycles. The van der Waals surface area contributed by atoms with Crippen molar-refractivity contribution in [1.29, 1.82) is 5.26 Å². The van der Waals surface area contributed by atoms with Gasteiger partial charge in [-0.05, 0) is 48.8 Å². The fraction of sp³-hybridized carbons (Fsp3) is 0.435. The predicted octanol–water partition coefficient (Wildman–Crippen LogP) is 6.30. The number of nitrogens with zero attached hydrogens (tertiary/aromatic N) is 4. The maximum Gasteiger partial charge on any atom is 0.234 e. The molecule has 0 atom stereocenters. The zero-order chi connectivity index (χ0) is 19.5. The van der Waals surface area contributed by atoms with Gasteiger partial charge in [0.15, 0.2) is 0 Å². The summed E-state index contributed by atoms with van der Waals surface area (Å²) in [7, 11) is 1.94. The molecule has 2 aromatic heterocycles. The summed E-state index contributed by atoms with van der Waals surface area (Å²) in [5.74, 6) is 2.34.